The fraction of sp³-hybridized carbons (Fsp3) is 0.321. The van der Waals surface area contributed by atoms with Crippen molar-refractivity contribution in [2.75, 3.05) is 75.5 Å². The number of benzene rings is 2. The van der Waals surface area contributed by atoms with Crippen LogP contribution in [0.4, 0.5) is 34.5 Å². The molecule has 9 nitrogen and oxygen atoms in total. The second-order valence-electron chi connectivity index (χ2n) is 9.54. The second-order valence-corrected chi connectivity index (χ2v) is 12.2. The Bertz CT molecular complexity index is 1330. The molecule has 0 atom stereocenters. The van der Waals surface area contributed by atoms with Crippen molar-refractivity contribution in [1.29, 1.82) is 0 Å². The van der Waals surface area contributed by atoms with E-state index in [1.54, 1.807) is 19.4 Å². The van der Waals surface area contributed by atoms with E-state index in [-0.39, 0.29) is 13.8 Å². The van der Waals surface area contributed by atoms with Gasteiger partial charge in [0, 0.05) is 31.9 Å². The van der Waals surface area contributed by atoms with Crippen molar-refractivity contribution >= 4 is 65.2 Å². The number of hydrogen-bond acceptors (Lipinski definition) is 8. The third-order valence-electron chi connectivity index (χ3n) is 5.93. The monoisotopic (exact) mass is 569 g/mol. The zero-order valence-electron chi connectivity index (χ0n) is 23.6. The van der Waals surface area contributed by atoms with Gasteiger partial charge in [0.15, 0.2) is 5.82 Å². The van der Waals surface area contributed by atoms with Crippen LogP contribution in [0.2, 0.25) is 5.02 Å². The molecule has 39 heavy (non-hydrogen) atoms. The molecule has 0 radical (unpaired) electrons. The summed E-state index contributed by atoms with van der Waals surface area (Å²) in [5, 5.41) is 11.1. The minimum atomic E-state index is -0.350. The van der Waals surface area contributed by atoms with Gasteiger partial charge in [0.1, 0.15) is 10.8 Å². The first-order valence-electron chi connectivity index (χ1n) is 12.4. The molecule has 2 aromatic carbocycles. The zero-order valence-corrected chi connectivity index (χ0v) is 25.2. The van der Waals surface area contributed by atoms with Crippen LogP contribution < -0.4 is 30.9 Å². The minimum Gasteiger partial charge on any atom is -0.494 e. The summed E-state index contributed by atoms with van der Waals surface area (Å²) in [5.74, 6) is 1.05. The Hall–Kier alpha value is -3.39. The average molecular weight is 570 g/mol. The predicted molar refractivity (Wildman–Crippen MR) is 167 cm³/mol. The molecular formula is C28H37ClN7O2P. The summed E-state index contributed by atoms with van der Waals surface area (Å²) in [7, 11) is 7.24. The lowest BCUT2D eigenvalue weighted by molar-refractivity contribution is -0.111. The first-order chi connectivity index (χ1) is 18.5. The van der Waals surface area contributed by atoms with Crippen molar-refractivity contribution in [2.45, 2.75) is 6.92 Å². The number of likely N-dealkylation sites (N-methyl/N-ethyl adjacent to an activating group) is 2. The van der Waals surface area contributed by atoms with Crippen molar-refractivity contribution in [3.63, 3.8) is 0 Å². The summed E-state index contributed by atoms with van der Waals surface area (Å²) < 4.78 is 5.70. The summed E-state index contributed by atoms with van der Waals surface area (Å²) in [6, 6.07) is 9.95. The molecule has 1 amide bonds. The number of hydrogen-bond donors (Lipinski definition) is 3. The third-order valence-corrected chi connectivity index (χ3v) is 7.54. The molecule has 1 aromatic heterocycles. The van der Waals surface area contributed by atoms with Crippen LogP contribution in [0.15, 0.2) is 49.2 Å². The molecule has 0 aliphatic carbocycles. The highest BCUT2D eigenvalue weighted by atomic mass is 35.5. The van der Waals surface area contributed by atoms with Gasteiger partial charge in [-0.3, -0.25) is 4.79 Å². The van der Waals surface area contributed by atoms with Gasteiger partial charge in [-0.2, -0.15) is 4.98 Å². The van der Waals surface area contributed by atoms with Crippen LogP contribution in [-0.4, -0.2) is 75.4 Å². The van der Waals surface area contributed by atoms with Crippen LogP contribution in [0.5, 0.6) is 5.75 Å². The minimum absolute atomic E-state index is 0.316. The number of aromatic nitrogens is 2. The number of carbonyl (C=O) groups excluding carboxylic acids is 1. The quantitative estimate of drug-likeness (QED) is 0.196. The fourth-order valence-electron chi connectivity index (χ4n) is 3.79. The third kappa shape index (κ3) is 8.05. The lowest BCUT2D eigenvalue weighted by Crippen LogP contribution is -2.29. The van der Waals surface area contributed by atoms with Crippen molar-refractivity contribution in [3.8, 4) is 5.75 Å². The number of amides is 1. The van der Waals surface area contributed by atoms with Gasteiger partial charge < -0.3 is 30.5 Å². The molecule has 208 valence electrons. The van der Waals surface area contributed by atoms with E-state index >= 15 is 0 Å². The first kappa shape index (κ1) is 30.2. The second kappa shape index (κ2) is 13.6. The molecule has 0 saturated carbocycles. The van der Waals surface area contributed by atoms with Crippen LogP contribution in [-0.2, 0) is 4.79 Å². The lowest BCUT2D eigenvalue weighted by atomic mass is 10.2. The van der Waals surface area contributed by atoms with Gasteiger partial charge >= 0.3 is 0 Å². The number of nitrogens with one attached hydrogen (secondary N) is 3. The Labute approximate surface area is 237 Å². The maximum atomic E-state index is 12.2. The number of rotatable bonds is 12. The molecule has 0 unspecified atom stereocenters. The molecule has 0 aliphatic rings. The van der Waals surface area contributed by atoms with Gasteiger partial charge in [0.05, 0.1) is 30.4 Å². The highest BCUT2D eigenvalue weighted by Gasteiger charge is 2.17. The molecule has 11 heteroatoms. The van der Waals surface area contributed by atoms with Gasteiger partial charge in [-0.15, -0.1) is 0 Å². The standard InChI is InChI=1S/C28H37ClN7O2P/c1-9-26(37)31-21-15-22(24(38-6)16-23(21)36(5)13-12-35(3)4)33-28-30-17-19(29)27(34-28)32-20-11-10-18(2)14-25(20)39(7)8/h9-11,14-17H,1,12-13H2,2-8H3,(H,31,37)(H2,30,32,33,34). The van der Waals surface area contributed by atoms with Gasteiger partial charge in [-0.25, -0.2) is 4.98 Å². The van der Waals surface area contributed by atoms with Gasteiger partial charge in [0.2, 0.25) is 11.9 Å². The van der Waals surface area contributed by atoms with Crippen LogP contribution in [0.3, 0.4) is 0 Å². The Morgan fingerprint density at radius 2 is 1.85 bits per heavy atom. The molecule has 0 bridgehead atoms. The van der Waals surface area contributed by atoms with E-state index in [2.05, 4.69) is 74.7 Å². The number of halogens is 1. The van der Waals surface area contributed by atoms with Gasteiger partial charge in [-0.1, -0.05) is 37.7 Å². The van der Waals surface area contributed by atoms with Crippen LogP contribution in [0, 0.1) is 6.92 Å². The number of carbonyl (C=O) groups is 1. The molecular weight excluding hydrogens is 533 g/mol. The average Bonchev–Trinajstić information content (AvgIpc) is 2.90. The van der Waals surface area contributed by atoms with E-state index in [1.807, 2.05) is 33.3 Å². The summed E-state index contributed by atoms with van der Waals surface area (Å²) in [5.41, 5.74) is 4.14. The van der Waals surface area contributed by atoms with Gasteiger partial charge in [0.25, 0.3) is 0 Å². The lowest BCUT2D eigenvalue weighted by Gasteiger charge is -2.26. The van der Waals surface area contributed by atoms with E-state index in [4.69, 9.17) is 16.3 Å². The number of anilines is 6. The summed E-state index contributed by atoms with van der Waals surface area (Å²) >= 11 is 6.48. The summed E-state index contributed by atoms with van der Waals surface area (Å²) in [4.78, 5) is 25.4. The highest BCUT2D eigenvalue weighted by Crippen LogP contribution is 2.38. The van der Waals surface area contributed by atoms with E-state index in [0.29, 0.717) is 33.9 Å². The maximum Gasteiger partial charge on any atom is 0.247 e. The highest BCUT2D eigenvalue weighted by molar-refractivity contribution is 7.64. The number of nitrogens with zero attached hydrogens (tertiary/aromatic N) is 4. The molecule has 3 rings (SSSR count). The van der Waals surface area contributed by atoms with Crippen LogP contribution >= 0.6 is 19.5 Å². The van der Waals surface area contributed by atoms with Crippen molar-refractivity contribution in [2.24, 2.45) is 0 Å². The fourth-order valence-corrected chi connectivity index (χ4v) is 5.00. The van der Waals surface area contributed by atoms with E-state index in [9.17, 15) is 4.79 Å². The Morgan fingerprint density at radius 1 is 1.10 bits per heavy atom. The van der Waals surface area contributed by atoms with Crippen molar-refractivity contribution in [3.05, 3.63) is 59.8 Å². The van der Waals surface area contributed by atoms with Crippen LogP contribution in [0.25, 0.3) is 0 Å². The molecule has 3 N–H and O–H groups in total. The molecule has 0 saturated heterocycles. The molecule has 0 fully saturated rings. The van der Waals surface area contributed by atoms with E-state index in [1.165, 1.54) is 16.9 Å². The largest absolute Gasteiger partial charge is 0.494 e. The maximum absolute atomic E-state index is 12.2. The van der Waals surface area contributed by atoms with Gasteiger partial charge in [-0.05, 0) is 63.9 Å². The SMILES string of the molecule is C=CC(=O)Nc1cc(Nc2ncc(Cl)c(Nc3ccc(C)cc3P(C)C)n2)c(OC)cc1N(C)CCN(C)C. The normalized spacial score (nSPS) is 10.9. The Morgan fingerprint density at radius 3 is 2.49 bits per heavy atom. The molecule has 3 aromatic rings. The first-order valence-corrected chi connectivity index (χ1v) is 15.0. The molecule has 0 spiro atoms. The zero-order chi connectivity index (χ0) is 28.7. The molecule has 0 aliphatic heterocycles. The van der Waals surface area contributed by atoms with Crippen LogP contribution in [0.1, 0.15) is 5.56 Å². The smallest absolute Gasteiger partial charge is 0.247 e. The Balaban J connectivity index is 1.98. The number of aryl methyl sites for hydroxylation is 1. The van der Waals surface area contributed by atoms with Crippen molar-refractivity contribution < 1.29 is 9.53 Å². The Kier molecular flexibility index (Phi) is 10.5. The van der Waals surface area contributed by atoms with E-state index in [0.717, 1.165) is 24.5 Å². The molecule has 1 heterocycles. The van der Waals surface area contributed by atoms with Crippen molar-refractivity contribution in [1.82, 2.24) is 14.9 Å². The topological polar surface area (TPSA) is 94.6 Å². The summed E-state index contributed by atoms with van der Waals surface area (Å²) in [6.45, 7) is 11.7. The summed E-state index contributed by atoms with van der Waals surface area (Å²) in [6.07, 6.45) is 2.78. The predicted octanol–water partition coefficient (Wildman–Crippen LogP) is 5.42. The number of methoxy groups -OCH3 is 1. The van der Waals surface area contributed by atoms with E-state index < -0.39 is 0 Å². The number of ether oxygens (including phenoxy) is 1.